The lowest BCUT2D eigenvalue weighted by molar-refractivity contribution is -0.151. The number of carbonyl (C=O) groups excluding carboxylic acids is 3. The number of sulfone groups is 1. The van der Waals surface area contributed by atoms with E-state index in [1.807, 2.05) is 0 Å². The number of carbonyl (C=O) groups is 4. The van der Waals surface area contributed by atoms with E-state index >= 15 is 0 Å². The quantitative estimate of drug-likeness (QED) is 0.184. The summed E-state index contributed by atoms with van der Waals surface area (Å²) in [6.45, 7) is 6.86. The number of carboxylic acid groups (broad SMARTS) is 1. The standard InChI is InChI=1S/C26H34ClNO4S.C14H17ClO4S.C12H19NO.ClH/c1-16-22(27)6-5-7-23(16)33(31,32)28-26(8-3-4-9-26)24(30)12-21-19-10-18-11-20(21)15-25(13-18,14-19)17(2)29;1-10-11(15)5-4-6-12(10)20(18,19)9-14(13(16)17)7-2-3-8-14;1-7(14)12-4-8-2-9(5-12)11(13)10(3-8)6-12;/h5-7,18-21,28H,3-4,8-15H2,1-2H3;4-6H,2-3,7-9H2,1H3,(H,16,17);8-11H,2-6,13H2,1H3;1H. The van der Waals surface area contributed by atoms with Crippen LogP contribution in [0.1, 0.15) is 147 Å². The van der Waals surface area contributed by atoms with Crippen LogP contribution in [0.25, 0.3) is 0 Å². The van der Waals surface area contributed by atoms with Gasteiger partial charge in [0.15, 0.2) is 15.6 Å². The average Bonchev–Trinajstić information content (AvgIpc) is 3.94. The van der Waals surface area contributed by atoms with Gasteiger partial charge in [-0.3, -0.25) is 19.2 Å². The Morgan fingerprint density at radius 1 is 0.676 bits per heavy atom. The largest absolute Gasteiger partial charge is 0.481 e. The highest BCUT2D eigenvalue weighted by Crippen LogP contribution is 2.64. The van der Waals surface area contributed by atoms with Crippen LogP contribution in [0.15, 0.2) is 46.2 Å². The molecule has 0 radical (unpaired) electrons. The number of nitrogens with two attached hydrogens (primary N) is 1. The lowest BCUT2D eigenvalue weighted by atomic mass is 9.44. The molecule has 4 unspecified atom stereocenters. The van der Waals surface area contributed by atoms with Crippen molar-refractivity contribution in [2.45, 2.75) is 171 Å². The molecule has 4 atom stereocenters. The summed E-state index contributed by atoms with van der Waals surface area (Å²) in [5.41, 5.74) is 4.93. The maximum Gasteiger partial charge on any atom is 0.310 e. The van der Waals surface area contributed by atoms with Gasteiger partial charge < -0.3 is 10.8 Å². The molecular weight excluding hydrogens is 967 g/mol. The van der Waals surface area contributed by atoms with Crippen molar-refractivity contribution in [3.8, 4) is 0 Å². The van der Waals surface area contributed by atoms with Gasteiger partial charge in [-0.25, -0.2) is 16.8 Å². The van der Waals surface area contributed by atoms with Gasteiger partial charge in [0.1, 0.15) is 11.6 Å². The molecule has 0 heterocycles. The second-order valence-corrected chi connectivity index (χ2v) is 27.1. The lowest BCUT2D eigenvalue weighted by Gasteiger charge is -2.59. The monoisotopic (exact) mass is 1040 g/mol. The molecule has 0 aromatic heterocycles. The first-order valence-corrected chi connectivity index (χ1v) is 28.6. The van der Waals surface area contributed by atoms with Crippen LogP contribution in [0, 0.1) is 71.5 Å². The predicted molar refractivity (Wildman–Crippen MR) is 266 cm³/mol. The summed E-state index contributed by atoms with van der Waals surface area (Å²) in [7, 11) is -7.55. The number of Topliss-reactive ketones (excluding diaryl/α,β-unsaturated/α-hetero) is 3. The van der Waals surface area contributed by atoms with Gasteiger partial charge in [-0.15, -0.1) is 12.4 Å². The number of aliphatic carboxylic acids is 1. The van der Waals surface area contributed by atoms with E-state index in [0.717, 1.165) is 76.5 Å². The van der Waals surface area contributed by atoms with Gasteiger partial charge >= 0.3 is 5.97 Å². The number of rotatable bonds is 12. The second-order valence-electron chi connectivity index (χ2n) is 22.7. The molecule has 2 aromatic carbocycles. The van der Waals surface area contributed by atoms with Crippen molar-refractivity contribution in [2.75, 3.05) is 5.75 Å². The van der Waals surface area contributed by atoms with Crippen LogP contribution >= 0.6 is 35.6 Å². The molecule has 10 aliphatic carbocycles. The number of benzene rings is 2. The molecule has 10 aliphatic rings. The number of carboxylic acids is 1. The van der Waals surface area contributed by atoms with Crippen LogP contribution in [0.4, 0.5) is 0 Å². The molecule has 376 valence electrons. The number of halogens is 3. The van der Waals surface area contributed by atoms with Gasteiger partial charge in [0, 0.05) is 33.3 Å². The average molecular weight is 1040 g/mol. The molecule has 8 bridgehead atoms. The third-order valence-corrected chi connectivity index (χ3v) is 23.1. The minimum Gasteiger partial charge on any atom is -0.481 e. The predicted octanol–water partition coefficient (Wildman–Crippen LogP) is 10.4. The topological polar surface area (TPSA) is 195 Å². The van der Waals surface area contributed by atoms with E-state index in [1.54, 1.807) is 58.0 Å². The Bertz CT molecular complexity index is 2490. The van der Waals surface area contributed by atoms with Crippen LogP contribution in [0.3, 0.4) is 0 Å². The van der Waals surface area contributed by atoms with Crippen molar-refractivity contribution in [3.63, 3.8) is 0 Å². The summed E-state index contributed by atoms with van der Waals surface area (Å²) in [5.74, 6) is 3.27. The van der Waals surface area contributed by atoms with Crippen molar-refractivity contribution in [2.24, 2.45) is 63.4 Å². The van der Waals surface area contributed by atoms with E-state index in [9.17, 15) is 41.1 Å². The smallest absolute Gasteiger partial charge is 0.310 e. The van der Waals surface area contributed by atoms with Gasteiger partial charge in [0.05, 0.1) is 26.5 Å². The molecule has 10 fully saturated rings. The highest BCUT2D eigenvalue weighted by Gasteiger charge is 2.59. The fourth-order valence-electron chi connectivity index (χ4n) is 15.2. The summed E-state index contributed by atoms with van der Waals surface area (Å²) in [5, 5.41) is 10.2. The molecule has 11 nitrogen and oxygen atoms in total. The fraction of sp³-hybridized carbons (Fsp3) is 0.692. The Balaban J connectivity index is 0.000000166. The number of hydrogen-bond acceptors (Lipinski definition) is 9. The van der Waals surface area contributed by atoms with Crippen molar-refractivity contribution in [3.05, 3.63) is 57.6 Å². The summed E-state index contributed by atoms with van der Waals surface area (Å²) in [6.07, 6.45) is 16.6. The molecule has 16 heteroatoms. The lowest BCUT2D eigenvalue weighted by Crippen LogP contribution is -2.58. The summed E-state index contributed by atoms with van der Waals surface area (Å²) >= 11 is 12.1. The van der Waals surface area contributed by atoms with Crippen molar-refractivity contribution in [1.29, 1.82) is 0 Å². The zero-order valence-electron chi connectivity index (χ0n) is 40.0. The van der Waals surface area contributed by atoms with E-state index in [1.165, 1.54) is 25.3 Å². The minimum absolute atomic E-state index is 0. The van der Waals surface area contributed by atoms with Crippen LogP contribution in [0.5, 0.6) is 0 Å². The molecule has 0 aliphatic heterocycles. The van der Waals surface area contributed by atoms with E-state index in [4.69, 9.17) is 28.9 Å². The molecular formula is C52H71Cl3N2O9S2. The minimum atomic E-state index is -3.88. The fourth-order valence-corrected chi connectivity index (χ4v) is 19.6. The van der Waals surface area contributed by atoms with Gasteiger partial charge in [0.2, 0.25) is 10.0 Å². The zero-order valence-corrected chi connectivity index (χ0v) is 44.0. The summed E-state index contributed by atoms with van der Waals surface area (Å²) in [6, 6.07) is 9.94. The summed E-state index contributed by atoms with van der Waals surface area (Å²) < 4.78 is 54.7. The van der Waals surface area contributed by atoms with E-state index < -0.39 is 36.8 Å². The van der Waals surface area contributed by atoms with Crippen LogP contribution in [0.2, 0.25) is 10.0 Å². The summed E-state index contributed by atoms with van der Waals surface area (Å²) in [4.78, 5) is 49.8. The van der Waals surface area contributed by atoms with Crippen LogP contribution in [-0.4, -0.2) is 62.6 Å². The van der Waals surface area contributed by atoms with E-state index in [-0.39, 0.29) is 50.5 Å². The van der Waals surface area contributed by atoms with Crippen molar-refractivity contribution >= 4 is 78.8 Å². The normalized spacial score (nSPS) is 33.4. The molecule has 0 saturated heterocycles. The molecule has 12 rings (SSSR count). The van der Waals surface area contributed by atoms with E-state index in [2.05, 4.69) is 4.72 Å². The first kappa shape index (κ1) is 53.4. The Morgan fingerprint density at radius 3 is 1.57 bits per heavy atom. The Morgan fingerprint density at radius 2 is 1.10 bits per heavy atom. The number of nitrogens with one attached hydrogen (secondary N) is 1. The number of ketones is 3. The second kappa shape index (κ2) is 19.9. The zero-order chi connectivity index (χ0) is 48.5. The van der Waals surface area contributed by atoms with E-state index in [0.29, 0.717) is 100 Å². The highest BCUT2D eigenvalue weighted by atomic mass is 35.5. The van der Waals surface area contributed by atoms with Crippen LogP contribution < -0.4 is 10.5 Å². The molecule has 2 aromatic rings. The maximum atomic E-state index is 13.8. The molecule has 0 spiro atoms. The van der Waals surface area contributed by atoms with Gasteiger partial charge in [0.25, 0.3) is 0 Å². The SMILES string of the molecule is CC(=O)C12CC3CC(C1)C(CC(=O)C1(NS(=O)(=O)c4cccc(Cl)c4C)CCCC1)C(C3)C2.CC(=O)C12CC3CC(C1)C(N)C(C3)C2.Cc1c(Cl)cccc1S(=O)(=O)CC1(C(=O)O)CCCC1.Cl. The molecule has 68 heavy (non-hydrogen) atoms. The van der Waals surface area contributed by atoms with Crippen LogP contribution in [-0.2, 0) is 39.0 Å². The Kier molecular flexibility index (Phi) is 15.6. The highest BCUT2D eigenvalue weighted by molar-refractivity contribution is 7.91. The Labute approximate surface area is 420 Å². The van der Waals surface area contributed by atoms with Crippen molar-refractivity contribution < 1.29 is 41.1 Å². The third-order valence-electron chi connectivity index (χ3n) is 18.6. The maximum absolute atomic E-state index is 13.8. The number of sulfonamides is 1. The molecule has 10 saturated carbocycles. The molecule has 4 N–H and O–H groups in total. The first-order chi connectivity index (χ1) is 31.4. The third kappa shape index (κ3) is 10.0. The Hall–Kier alpha value is -2.39. The van der Waals surface area contributed by atoms with Gasteiger partial charge in [-0.1, -0.05) is 61.0 Å². The first-order valence-electron chi connectivity index (χ1n) is 24.8. The van der Waals surface area contributed by atoms with Gasteiger partial charge in [-0.2, -0.15) is 4.72 Å². The van der Waals surface area contributed by atoms with Gasteiger partial charge in [-0.05, 0) is 194 Å². The van der Waals surface area contributed by atoms with Crippen molar-refractivity contribution in [1.82, 2.24) is 4.72 Å². The molecule has 0 amide bonds. The number of hydrogen-bond donors (Lipinski definition) is 3.